The maximum Gasteiger partial charge on any atom is 0.243 e. The lowest BCUT2D eigenvalue weighted by molar-refractivity contribution is -0.115. The van der Waals surface area contributed by atoms with Crippen LogP contribution in [-0.2, 0) is 14.8 Å². The molecule has 0 spiro atoms. The van der Waals surface area contributed by atoms with E-state index in [-0.39, 0.29) is 10.8 Å². The zero-order valence-electron chi connectivity index (χ0n) is 12.6. The van der Waals surface area contributed by atoms with Crippen LogP contribution >= 0.6 is 0 Å². The Kier molecular flexibility index (Phi) is 4.20. The monoisotopic (exact) mass is 323 g/mol. The molecule has 2 saturated heterocycles. The van der Waals surface area contributed by atoms with Gasteiger partial charge in [0.05, 0.1) is 4.90 Å². The number of nitrogens with zero attached hydrogens (tertiary/aromatic N) is 1. The van der Waals surface area contributed by atoms with Crippen LogP contribution in [0.25, 0.3) is 0 Å². The SMILES string of the molecule is CCC(=O)Nc1ccc(S(=O)(=O)N2C[C@H]3CNC[C@H]3C2)cc1. The number of sulfonamides is 1. The van der Waals surface area contributed by atoms with E-state index in [0.717, 1.165) is 13.1 Å². The predicted molar refractivity (Wildman–Crippen MR) is 84.0 cm³/mol. The standard InChI is InChI=1S/C15H21N3O3S/c1-2-15(19)17-13-3-5-14(6-4-13)22(20,21)18-9-11-7-16-8-12(11)10-18/h3-6,11-12,16H,2,7-10H2,1H3,(H,17,19)/t11-,12+. The highest BCUT2D eigenvalue weighted by Gasteiger charge is 2.41. The third kappa shape index (κ3) is 2.88. The van der Waals surface area contributed by atoms with E-state index in [0.29, 0.717) is 37.0 Å². The molecule has 6 nitrogen and oxygen atoms in total. The van der Waals surface area contributed by atoms with Crippen molar-refractivity contribution < 1.29 is 13.2 Å². The molecule has 2 atom stereocenters. The Labute approximate surface area is 130 Å². The number of hydrogen-bond donors (Lipinski definition) is 2. The number of hydrogen-bond acceptors (Lipinski definition) is 4. The molecule has 3 rings (SSSR count). The second-order valence-electron chi connectivity index (χ2n) is 5.93. The van der Waals surface area contributed by atoms with Crippen LogP contribution in [-0.4, -0.2) is 44.8 Å². The molecule has 0 unspecified atom stereocenters. The van der Waals surface area contributed by atoms with Crippen LogP contribution in [0.4, 0.5) is 5.69 Å². The maximum atomic E-state index is 12.7. The summed E-state index contributed by atoms with van der Waals surface area (Å²) in [6, 6.07) is 6.40. The minimum absolute atomic E-state index is 0.0875. The van der Waals surface area contributed by atoms with Gasteiger partial charge >= 0.3 is 0 Å². The lowest BCUT2D eigenvalue weighted by Crippen LogP contribution is -2.31. The van der Waals surface area contributed by atoms with Gasteiger partial charge in [0.2, 0.25) is 15.9 Å². The van der Waals surface area contributed by atoms with Crippen molar-refractivity contribution in [2.45, 2.75) is 18.2 Å². The summed E-state index contributed by atoms with van der Waals surface area (Å²) in [6.07, 6.45) is 0.393. The molecule has 0 aromatic heterocycles. The molecule has 1 aromatic carbocycles. The molecule has 0 aliphatic carbocycles. The number of fused-ring (bicyclic) bond motifs is 1. The first-order valence-electron chi connectivity index (χ1n) is 7.61. The van der Waals surface area contributed by atoms with E-state index < -0.39 is 10.0 Å². The number of nitrogens with one attached hydrogen (secondary N) is 2. The van der Waals surface area contributed by atoms with Crippen LogP contribution in [0, 0.1) is 11.8 Å². The van der Waals surface area contributed by atoms with Gasteiger partial charge in [-0.05, 0) is 49.2 Å². The number of carbonyl (C=O) groups is 1. The molecule has 2 heterocycles. The summed E-state index contributed by atoms with van der Waals surface area (Å²) in [5.41, 5.74) is 0.619. The largest absolute Gasteiger partial charge is 0.326 e. The number of carbonyl (C=O) groups excluding carboxylic acids is 1. The Hall–Kier alpha value is -1.44. The quantitative estimate of drug-likeness (QED) is 0.862. The molecule has 2 fully saturated rings. The Morgan fingerprint density at radius 2 is 1.82 bits per heavy atom. The van der Waals surface area contributed by atoms with Gasteiger partial charge in [-0.3, -0.25) is 4.79 Å². The van der Waals surface area contributed by atoms with Crippen molar-refractivity contribution in [1.29, 1.82) is 0 Å². The molecule has 0 bridgehead atoms. The molecule has 2 aliphatic rings. The molecule has 1 aromatic rings. The molecule has 1 amide bonds. The number of anilines is 1. The fourth-order valence-corrected chi connectivity index (χ4v) is 4.67. The predicted octanol–water partition coefficient (Wildman–Crippen LogP) is 0.875. The molecule has 120 valence electrons. The summed E-state index contributed by atoms with van der Waals surface area (Å²) < 4.78 is 26.9. The summed E-state index contributed by atoms with van der Waals surface area (Å²) >= 11 is 0. The fourth-order valence-electron chi connectivity index (χ4n) is 3.12. The molecule has 2 N–H and O–H groups in total. The van der Waals surface area contributed by atoms with Crippen LogP contribution in [0.15, 0.2) is 29.2 Å². The van der Waals surface area contributed by atoms with Crippen molar-refractivity contribution in [2.24, 2.45) is 11.8 Å². The van der Waals surface area contributed by atoms with E-state index in [9.17, 15) is 13.2 Å². The molecular formula is C15H21N3O3S. The van der Waals surface area contributed by atoms with Crippen molar-refractivity contribution in [2.75, 3.05) is 31.5 Å². The fraction of sp³-hybridized carbons (Fsp3) is 0.533. The van der Waals surface area contributed by atoms with Gasteiger partial charge in [-0.1, -0.05) is 6.92 Å². The maximum absolute atomic E-state index is 12.7. The van der Waals surface area contributed by atoms with Crippen molar-refractivity contribution in [3.8, 4) is 0 Å². The lowest BCUT2D eigenvalue weighted by Gasteiger charge is -2.17. The molecule has 0 radical (unpaired) electrons. The van der Waals surface area contributed by atoms with E-state index in [1.54, 1.807) is 35.5 Å². The third-order valence-corrected chi connectivity index (χ3v) is 6.30. The van der Waals surface area contributed by atoms with E-state index in [1.165, 1.54) is 0 Å². The van der Waals surface area contributed by atoms with E-state index >= 15 is 0 Å². The third-order valence-electron chi connectivity index (χ3n) is 4.45. The highest BCUT2D eigenvalue weighted by Crippen LogP contribution is 2.31. The van der Waals surface area contributed by atoms with E-state index in [4.69, 9.17) is 0 Å². The second-order valence-corrected chi connectivity index (χ2v) is 7.86. The van der Waals surface area contributed by atoms with Crippen LogP contribution < -0.4 is 10.6 Å². The molecular weight excluding hydrogens is 302 g/mol. The van der Waals surface area contributed by atoms with Crippen LogP contribution in [0.2, 0.25) is 0 Å². The van der Waals surface area contributed by atoms with Crippen LogP contribution in [0.1, 0.15) is 13.3 Å². The van der Waals surface area contributed by atoms with E-state index in [2.05, 4.69) is 10.6 Å². The van der Waals surface area contributed by atoms with Gasteiger partial charge in [-0.15, -0.1) is 0 Å². The summed E-state index contributed by atoms with van der Waals surface area (Å²) in [7, 11) is -3.44. The van der Waals surface area contributed by atoms with Gasteiger partial charge in [-0.25, -0.2) is 8.42 Å². The van der Waals surface area contributed by atoms with Gasteiger partial charge in [-0.2, -0.15) is 4.31 Å². The average molecular weight is 323 g/mol. The lowest BCUT2D eigenvalue weighted by atomic mass is 10.0. The average Bonchev–Trinajstić information content (AvgIpc) is 3.09. The first-order valence-corrected chi connectivity index (χ1v) is 9.05. The van der Waals surface area contributed by atoms with Crippen molar-refractivity contribution in [3.05, 3.63) is 24.3 Å². The smallest absolute Gasteiger partial charge is 0.243 e. The normalized spacial score (nSPS) is 25.1. The zero-order chi connectivity index (χ0) is 15.7. The minimum Gasteiger partial charge on any atom is -0.326 e. The van der Waals surface area contributed by atoms with Gasteiger partial charge in [0.1, 0.15) is 0 Å². The summed E-state index contributed by atoms with van der Waals surface area (Å²) in [5, 5.41) is 6.02. The molecule has 7 heteroatoms. The minimum atomic E-state index is -3.44. The summed E-state index contributed by atoms with van der Waals surface area (Å²) in [5.74, 6) is 0.770. The Morgan fingerprint density at radius 3 is 2.36 bits per heavy atom. The first kappa shape index (κ1) is 15.5. The number of amides is 1. The Bertz CT molecular complexity index is 645. The van der Waals surface area contributed by atoms with Gasteiger partial charge in [0.25, 0.3) is 0 Å². The Balaban J connectivity index is 1.74. The Morgan fingerprint density at radius 1 is 1.23 bits per heavy atom. The van der Waals surface area contributed by atoms with Crippen molar-refractivity contribution >= 4 is 21.6 Å². The number of rotatable bonds is 4. The van der Waals surface area contributed by atoms with Gasteiger partial charge in [0, 0.05) is 25.2 Å². The second kappa shape index (κ2) is 5.98. The van der Waals surface area contributed by atoms with Crippen LogP contribution in [0.5, 0.6) is 0 Å². The van der Waals surface area contributed by atoms with E-state index in [1.807, 2.05) is 0 Å². The van der Waals surface area contributed by atoms with Crippen LogP contribution in [0.3, 0.4) is 0 Å². The zero-order valence-corrected chi connectivity index (χ0v) is 13.4. The molecule has 22 heavy (non-hydrogen) atoms. The topological polar surface area (TPSA) is 78.5 Å². The molecule has 0 saturated carbocycles. The van der Waals surface area contributed by atoms with Gasteiger partial charge < -0.3 is 10.6 Å². The number of benzene rings is 1. The highest BCUT2D eigenvalue weighted by molar-refractivity contribution is 7.89. The van der Waals surface area contributed by atoms with Gasteiger partial charge in [0.15, 0.2) is 0 Å². The first-order chi connectivity index (χ1) is 10.5. The highest BCUT2D eigenvalue weighted by atomic mass is 32.2. The summed E-state index contributed by atoms with van der Waals surface area (Å²) in [4.78, 5) is 11.6. The summed E-state index contributed by atoms with van der Waals surface area (Å²) in [6.45, 7) is 4.76. The van der Waals surface area contributed by atoms with Crippen molar-refractivity contribution in [1.82, 2.24) is 9.62 Å². The molecule has 2 aliphatic heterocycles. The van der Waals surface area contributed by atoms with Crippen molar-refractivity contribution in [3.63, 3.8) is 0 Å².